The molecule has 0 aliphatic carbocycles. The first-order valence-electron chi connectivity index (χ1n) is 9.26. The summed E-state index contributed by atoms with van der Waals surface area (Å²) in [7, 11) is 1.32. The highest BCUT2D eigenvalue weighted by molar-refractivity contribution is 6.35. The van der Waals surface area contributed by atoms with Crippen molar-refractivity contribution in [2.75, 3.05) is 17.3 Å². The second kappa shape index (κ2) is 10.6. The molecule has 1 heterocycles. The van der Waals surface area contributed by atoms with E-state index in [2.05, 4.69) is 17.3 Å². The van der Waals surface area contributed by atoms with Crippen LogP contribution in [0.2, 0.25) is 10.0 Å². The molecule has 1 aliphatic heterocycles. The first-order valence-corrected chi connectivity index (χ1v) is 10.0. The van der Waals surface area contributed by atoms with Crippen LogP contribution in [0.25, 0.3) is 0 Å². The van der Waals surface area contributed by atoms with Crippen LogP contribution < -0.4 is 16.0 Å². The first kappa shape index (κ1) is 24.7. The molecule has 2 unspecified atom stereocenters. The van der Waals surface area contributed by atoms with Gasteiger partial charge in [0.2, 0.25) is 5.91 Å². The summed E-state index contributed by atoms with van der Waals surface area (Å²) < 4.78 is 4.92. The van der Waals surface area contributed by atoms with Crippen molar-refractivity contribution in [2.45, 2.75) is 31.8 Å². The van der Waals surface area contributed by atoms with Gasteiger partial charge in [-0.15, -0.1) is 12.4 Å². The third-order valence-corrected chi connectivity index (χ3v) is 5.49. The maximum Gasteiger partial charge on any atom is 0.328 e. The number of nitrogens with two attached hydrogens (primary N) is 1. The Morgan fingerprint density at radius 2 is 1.94 bits per heavy atom. The Bertz CT molecular complexity index is 1030. The molecule has 2 aromatic rings. The van der Waals surface area contributed by atoms with Gasteiger partial charge in [0.05, 0.1) is 13.2 Å². The summed E-state index contributed by atoms with van der Waals surface area (Å²) in [5.74, 6) is 2.19. The Hall–Kier alpha value is -2.59. The van der Waals surface area contributed by atoms with E-state index in [-0.39, 0.29) is 18.3 Å². The zero-order chi connectivity index (χ0) is 21.8. The Balaban J connectivity index is 0.00000341. The number of ether oxygens (including phenoxy) is 1. The predicted octanol–water partition coefficient (Wildman–Crippen LogP) is 4.33. The van der Waals surface area contributed by atoms with Crippen molar-refractivity contribution in [2.24, 2.45) is 5.73 Å². The SMILES string of the molecule is COC(=O)C1CC(N(C(C)=O)c2ccc(CC#CN)cc2)c2c(Cl)cc(Cl)cc2N1.Cl. The van der Waals surface area contributed by atoms with Gasteiger partial charge in [0.15, 0.2) is 0 Å². The normalized spacial score (nSPS) is 16.5. The van der Waals surface area contributed by atoms with E-state index >= 15 is 0 Å². The minimum atomic E-state index is -0.650. The second-order valence-corrected chi connectivity index (χ2v) is 7.72. The lowest BCUT2D eigenvalue weighted by Gasteiger charge is -2.39. The number of methoxy groups -OCH3 is 1. The quantitative estimate of drug-likeness (QED) is 0.385. The van der Waals surface area contributed by atoms with Crippen molar-refractivity contribution in [3.05, 3.63) is 57.6 Å². The number of esters is 1. The molecule has 0 saturated heterocycles. The first-order chi connectivity index (χ1) is 14.3. The second-order valence-electron chi connectivity index (χ2n) is 6.87. The highest BCUT2D eigenvalue weighted by atomic mass is 35.5. The molecule has 3 N–H and O–H groups in total. The van der Waals surface area contributed by atoms with E-state index in [1.165, 1.54) is 14.0 Å². The molecule has 0 bridgehead atoms. The zero-order valence-electron chi connectivity index (χ0n) is 16.9. The maximum atomic E-state index is 12.7. The molecule has 6 nitrogen and oxygen atoms in total. The van der Waals surface area contributed by atoms with Gasteiger partial charge in [-0.05, 0) is 29.8 Å². The predicted molar refractivity (Wildman–Crippen MR) is 126 cm³/mol. The molecule has 9 heteroatoms. The molecule has 0 saturated carbocycles. The topological polar surface area (TPSA) is 84.7 Å². The molecular weight excluding hydrogens is 461 g/mol. The van der Waals surface area contributed by atoms with Gasteiger partial charge in [-0.1, -0.05) is 41.3 Å². The van der Waals surface area contributed by atoms with Gasteiger partial charge in [0.1, 0.15) is 6.04 Å². The summed E-state index contributed by atoms with van der Waals surface area (Å²) in [6, 6.07) is 12.0. The Kier molecular flexibility index (Phi) is 8.46. The molecule has 31 heavy (non-hydrogen) atoms. The Labute approximate surface area is 197 Å². The third-order valence-electron chi connectivity index (χ3n) is 4.96. The molecule has 164 valence electrons. The number of benzene rings is 2. The van der Waals surface area contributed by atoms with Gasteiger partial charge in [-0.3, -0.25) is 4.79 Å². The monoisotopic (exact) mass is 481 g/mol. The molecule has 0 aromatic heterocycles. The number of carbonyl (C=O) groups excluding carboxylic acids is 2. The molecule has 3 rings (SSSR count). The van der Waals surface area contributed by atoms with E-state index in [0.717, 1.165) is 5.56 Å². The minimum Gasteiger partial charge on any atom is -0.467 e. The lowest BCUT2D eigenvalue weighted by molar-refractivity contribution is -0.142. The summed E-state index contributed by atoms with van der Waals surface area (Å²) >= 11 is 12.7. The smallest absolute Gasteiger partial charge is 0.328 e. The van der Waals surface area contributed by atoms with E-state index in [1.807, 2.05) is 24.3 Å². The fourth-order valence-electron chi connectivity index (χ4n) is 3.67. The number of halogens is 3. The number of carbonyl (C=O) groups is 2. The number of amides is 1. The van der Waals surface area contributed by atoms with Gasteiger partial charge < -0.3 is 20.7 Å². The summed E-state index contributed by atoms with van der Waals surface area (Å²) in [4.78, 5) is 26.6. The minimum absolute atomic E-state index is 0. The van der Waals surface area contributed by atoms with E-state index in [9.17, 15) is 9.59 Å². The standard InChI is InChI=1S/C22H21Cl2N3O3.ClH/c1-13(28)27(16-7-5-14(6-8-16)4-3-9-25)20-12-19(22(29)30-2)26-18-11-15(23)10-17(24)21(18)20;/h5-8,10-11,19-20,26H,4,12,25H2,1-2H3;1H. The fourth-order valence-corrected chi connectivity index (χ4v) is 4.29. The van der Waals surface area contributed by atoms with Gasteiger partial charge in [0.25, 0.3) is 0 Å². The number of rotatable bonds is 4. The largest absolute Gasteiger partial charge is 0.467 e. The molecule has 0 radical (unpaired) electrons. The molecule has 1 amide bonds. The number of hydrogen-bond acceptors (Lipinski definition) is 5. The van der Waals surface area contributed by atoms with Crippen LogP contribution in [-0.4, -0.2) is 25.0 Å². The molecule has 1 aliphatic rings. The molecule has 0 fully saturated rings. The highest BCUT2D eigenvalue weighted by Crippen LogP contribution is 2.44. The van der Waals surface area contributed by atoms with Gasteiger partial charge in [-0.25, -0.2) is 4.79 Å². The van der Waals surface area contributed by atoms with Crippen molar-refractivity contribution in [3.63, 3.8) is 0 Å². The lowest BCUT2D eigenvalue weighted by atomic mass is 9.90. The maximum absolute atomic E-state index is 12.7. The summed E-state index contributed by atoms with van der Waals surface area (Å²) in [5.41, 5.74) is 8.19. The Morgan fingerprint density at radius 1 is 1.26 bits per heavy atom. The van der Waals surface area contributed by atoms with Gasteiger partial charge in [0, 0.05) is 52.8 Å². The van der Waals surface area contributed by atoms with E-state index in [1.54, 1.807) is 17.0 Å². The van der Waals surface area contributed by atoms with Crippen LogP contribution >= 0.6 is 35.6 Å². The van der Waals surface area contributed by atoms with E-state index in [0.29, 0.717) is 39.8 Å². The number of fused-ring (bicyclic) bond motifs is 1. The number of nitrogens with zero attached hydrogens (tertiary/aromatic N) is 1. The van der Waals surface area contributed by atoms with Crippen LogP contribution in [-0.2, 0) is 20.7 Å². The van der Waals surface area contributed by atoms with E-state index in [4.69, 9.17) is 33.7 Å². The van der Waals surface area contributed by atoms with Crippen LogP contribution in [0.1, 0.15) is 30.5 Å². The van der Waals surface area contributed by atoms with Crippen molar-refractivity contribution in [1.82, 2.24) is 0 Å². The van der Waals surface area contributed by atoms with Crippen molar-refractivity contribution in [3.8, 4) is 12.0 Å². The average molecular weight is 483 g/mol. The molecule has 0 spiro atoms. The molecule has 2 atom stereocenters. The van der Waals surface area contributed by atoms with Crippen molar-refractivity contribution < 1.29 is 14.3 Å². The highest BCUT2D eigenvalue weighted by Gasteiger charge is 2.38. The van der Waals surface area contributed by atoms with Crippen molar-refractivity contribution >= 4 is 58.9 Å². The average Bonchev–Trinajstić information content (AvgIpc) is 2.71. The zero-order valence-corrected chi connectivity index (χ0v) is 19.3. The fraction of sp³-hybridized carbons (Fsp3) is 0.273. The summed E-state index contributed by atoms with van der Waals surface area (Å²) in [6.45, 7) is 1.48. The number of hydrogen-bond donors (Lipinski definition) is 2. The Morgan fingerprint density at radius 3 is 2.52 bits per heavy atom. The molecular formula is C22H22Cl3N3O3. The number of anilines is 2. The van der Waals surface area contributed by atoms with E-state index < -0.39 is 18.1 Å². The van der Waals surface area contributed by atoms with Crippen LogP contribution in [0.5, 0.6) is 0 Å². The van der Waals surface area contributed by atoms with Crippen LogP contribution in [0.3, 0.4) is 0 Å². The summed E-state index contributed by atoms with van der Waals surface area (Å²) in [6.07, 6.45) is 0.808. The van der Waals surface area contributed by atoms with Crippen LogP contribution in [0.4, 0.5) is 11.4 Å². The lowest BCUT2D eigenvalue weighted by Crippen LogP contribution is -2.43. The van der Waals surface area contributed by atoms with Crippen molar-refractivity contribution in [1.29, 1.82) is 0 Å². The molecule has 2 aromatic carbocycles. The summed E-state index contributed by atoms with van der Waals surface area (Å²) in [5, 5.41) is 3.97. The van der Waals surface area contributed by atoms with Crippen LogP contribution in [0, 0.1) is 12.0 Å². The van der Waals surface area contributed by atoms with Gasteiger partial charge >= 0.3 is 5.97 Å². The number of nitrogens with one attached hydrogen (secondary N) is 1. The third kappa shape index (κ3) is 5.37. The van der Waals surface area contributed by atoms with Crippen LogP contribution in [0.15, 0.2) is 36.4 Å². The van der Waals surface area contributed by atoms with Gasteiger partial charge in [-0.2, -0.15) is 0 Å².